The third-order valence-corrected chi connectivity index (χ3v) is 2.15. The summed E-state index contributed by atoms with van der Waals surface area (Å²) < 4.78 is 1.65. The molecule has 4 heteroatoms. The van der Waals surface area contributed by atoms with E-state index in [1.54, 1.807) is 10.4 Å². The van der Waals surface area contributed by atoms with E-state index < -0.39 is 0 Å². The summed E-state index contributed by atoms with van der Waals surface area (Å²) >= 11 is 1.46. The lowest BCUT2D eigenvalue weighted by molar-refractivity contribution is 0.237. The van der Waals surface area contributed by atoms with Crippen molar-refractivity contribution in [1.29, 1.82) is 0 Å². The van der Waals surface area contributed by atoms with Crippen molar-refractivity contribution in [3.8, 4) is 0 Å². The first-order valence-corrected chi connectivity index (χ1v) is 4.01. The second kappa shape index (κ2) is 3.51. The summed E-state index contributed by atoms with van der Waals surface area (Å²) in [7, 11) is 0. The van der Waals surface area contributed by atoms with E-state index in [1.165, 1.54) is 11.9 Å². The van der Waals surface area contributed by atoms with E-state index in [9.17, 15) is 4.79 Å². The third kappa shape index (κ3) is 1.67. The first-order valence-electron chi connectivity index (χ1n) is 3.07. The van der Waals surface area contributed by atoms with E-state index in [4.69, 9.17) is 0 Å². The van der Waals surface area contributed by atoms with E-state index in [0.717, 1.165) is 12.3 Å². The van der Waals surface area contributed by atoms with Gasteiger partial charge in [0.1, 0.15) is 0 Å². The maximum Gasteiger partial charge on any atom is 0.349 e. The molecule has 1 aliphatic rings. The van der Waals surface area contributed by atoms with Crippen molar-refractivity contribution in [2.75, 3.05) is 18.8 Å². The highest BCUT2D eigenvalue weighted by atomic mass is 32.2. The fourth-order valence-electron chi connectivity index (χ4n) is 0.673. The second-order valence-corrected chi connectivity index (χ2v) is 2.88. The fraction of sp³-hybridized carbons (Fsp3) is 0.500. The van der Waals surface area contributed by atoms with E-state index in [2.05, 4.69) is 11.9 Å². The smallest absolute Gasteiger partial charge is 0.265 e. The molecule has 0 aromatic carbocycles. The van der Waals surface area contributed by atoms with Gasteiger partial charge in [-0.1, -0.05) is 6.08 Å². The molecule has 1 aliphatic heterocycles. The molecule has 0 unspecified atom stereocenters. The highest BCUT2D eigenvalue weighted by molar-refractivity contribution is 7.97. The molecule has 0 aliphatic carbocycles. The van der Waals surface area contributed by atoms with Gasteiger partial charge in [-0.05, 0) is 11.9 Å². The Kier molecular flexibility index (Phi) is 2.62. The highest BCUT2D eigenvalue weighted by Crippen LogP contribution is 2.12. The van der Waals surface area contributed by atoms with Crippen molar-refractivity contribution in [1.82, 2.24) is 9.62 Å². The summed E-state index contributed by atoms with van der Waals surface area (Å²) in [6.45, 7) is 4.95. The van der Waals surface area contributed by atoms with Gasteiger partial charge in [0, 0.05) is 5.75 Å². The Morgan fingerprint density at radius 1 is 1.90 bits per heavy atom. The molecule has 1 saturated heterocycles. The average molecular weight is 157 g/mol. The zero-order valence-corrected chi connectivity index (χ0v) is 6.43. The van der Waals surface area contributed by atoms with Gasteiger partial charge >= 0.3 is 6.03 Å². The molecule has 0 bridgehead atoms. The van der Waals surface area contributed by atoms with Gasteiger partial charge in [0.15, 0.2) is 0 Å². The van der Waals surface area contributed by atoms with Crippen LogP contribution in [0.3, 0.4) is 0 Å². The lowest BCUT2D eigenvalue weighted by Crippen LogP contribution is -2.18. The van der Waals surface area contributed by atoms with Crippen LogP contribution >= 0.6 is 11.9 Å². The molecule has 0 spiro atoms. The van der Waals surface area contributed by atoms with Crippen molar-refractivity contribution in [2.45, 2.75) is 0 Å². The topological polar surface area (TPSA) is 34.4 Å². The Labute approximate surface area is 64.6 Å². The lowest BCUT2D eigenvalue weighted by atomic mass is 10.7. The Morgan fingerprint density at radius 3 is 3.20 bits per heavy atom. The van der Waals surface area contributed by atoms with Crippen LogP contribution in [0.2, 0.25) is 0 Å². The number of urea groups is 1. The van der Waals surface area contributed by atoms with Crippen LogP contribution in [-0.4, -0.2) is 29.2 Å². The molecule has 1 fully saturated rings. The first kappa shape index (κ1) is 7.47. The molecule has 3 nitrogen and oxygen atoms in total. The highest BCUT2D eigenvalue weighted by Gasteiger charge is 2.20. The lowest BCUT2D eigenvalue weighted by Gasteiger charge is -2.08. The minimum Gasteiger partial charge on any atom is -0.265 e. The average Bonchev–Trinajstić information content (AvgIpc) is 2.31. The maximum absolute atomic E-state index is 10.8. The molecule has 0 atom stereocenters. The summed E-state index contributed by atoms with van der Waals surface area (Å²) in [4.78, 5) is 10.8. The molecular weight excluding hydrogens is 148 g/mol. The molecule has 1 heterocycles. The standard InChI is InChI=1S/C6H9N2OS/c1-2-5-10-8-4-3-7-6(8)9/h2H,1,3-5H2. The molecular formula is C6H9N2OS. The third-order valence-electron chi connectivity index (χ3n) is 1.11. The summed E-state index contributed by atoms with van der Waals surface area (Å²) in [5, 5.41) is 3.70. The van der Waals surface area contributed by atoms with E-state index in [0.29, 0.717) is 6.54 Å². The Morgan fingerprint density at radius 2 is 2.70 bits per heavy atom. The number of carbonyl (C=O) groups excluding carboxylic acids is 1. The molecule has 55 valence electrons. The molecule has 0 N–H and O–H groups in total. The molecule has 10 heavy (non-hydrogen) atoms. The fourth-order valence-corrected chi connectivity index (χ4v) is 1.34. The second-order valence-electron chi connectivity index (χ2n) is 1.85. The monoisotopic (exact) mass is 157 g/mol. The quantitative estimate of drug-likeness (QED) is 0.450. The van der Waals surface area contributed by atoms with Gasteiger partial charge in [-0.15, -0.1) is 6.58 Å². The van der Waals surface area contributed by atoms with Crippen molar-refractivity contribution in [3.05, 3.63) is 12.7 Å². The van der Waals surface area contributed by atoms with E-state index >= 15 is 0 Å². The maximum atomic E-state index is 10.8. The van der Waals surface area contributed by atoms with Crippen LogP contribution in [0, 0.1) is 0 Å². The van der Waals surface area contributed by atoms with Crippen LogP contribution in [0.1, 0.15) is 0 Å². The molecule has 0 saturated carbocycles. The number of amides is 2. The van der Waals surface area contributed by atoms with Gasteiger partial charge in [0.25, 0.3) is 0 Å². The molecule has 0 aromatic rings. The van der Waals surface area contributed by atoms with Gasteiger partial charge in [-0.25, -0.2) is 10.1 Å². The molecule has 1 radical (unpaired) electrons. The van der Waals surface area contributed by atoms with Crippen molar-refractivity contribution in [3.63, 3.8) is 0 Å². The minimum absolute atomic E-state index is 0.105. The van der Waals surface area contributed by atoms with Crippen LogP contribution < -0.4 is 5.32 Å². The largest absolute Gasteiger partial charge is 0.349 e. The zero-order valence-electron chi connectivity index (χ0n) is 5.62. The number of hydrogen-bond acceptors (Lipinski definition) is 2. The number of nitrogens with zero attached hydrogens (tertiary/aromatic N) is 2. The number of hydrogen-bond donors (Lipinski definition) is 0. The number of rotatable bonds is 3. The first-order chi connectivity index (χ1) is 4.84. The van der Waals surface area contributed by atoms with Crippen LogP contribution in [0.5, 0.6) is 0 Å². The minimum atomic E-state index is -0.105. The van der Waals surface area contributed by atoms with E-state index in [1.807, 2.05) is 0 Å². The molecule has 1 rings (SSSR count). The summed E-state index contributed by atoms with van der Waals surface area (Å²) in [5.41, 5.74) is 0. The van der Waals surface area contributed by atoms with Crippen molar-refractivity contribution in [2.24, 2.45) is 0 Å². The van der Waals surface area contributed by atoms with Gasteiger partial charge < -0.3 is 0 Å². The number of carbonyl (C=O) groups is 1. The zero-order chi connectivity index (χ0) is 7.40. The van der Waals surface area contributed by atoms with Gasteiger partial charge in [0.2, 0.25) is 0 Å². The van der Waals surface area contributed by atoms with E-state index in [-0.39, 0.29) is 6.03 Å². The summed E-state index contributed by atoms with van der Waals surface area (Å²) in [6.07, 6.45) is 1.77. The predicted octanol–water partition coefficient (Wildman–Crippen LogP) is 0.861. The Hall–Kier alpha value is -0.640. The normalized spacial score (nSPS) is 17.2. The molecule has 0 aromatic heterocycles. The predicted molar refractivity (Wildman–Crippen MR) is 41.8 cm³/mol. The summed E-state index contributed by atoms with van der Waals surface area (Å²) in [5.74, 6) is 0.779. The van der Waals surface area contributed by atoms with Gasteiger partial charge in [-0.3, -0.25) is 4.31 Å². The summed E-state index contributed by atoms with van der Waals surface area (Å²) in [6, 6.07) is -0.105. The Balaban J connectivity index is 2.26. The van der Waals surface area contributed by atoms with Crippen LogP contribution in [-0.2, 0) is 0 Å². The van der Waals surface area contributed by atoms with Gasteiger partial charge in [0.05, 0.1) is 13.1 Å². The van der Waals surface area contributed by atoms with Crippen LogP contribution in [0.4, 0.5) is 4.79 Å². The van der Waals surface area contributed by atoms with Crippen molar-refractivity contribution < 1.29 is 4.79 Å². The Bertz CT molecular complexity index is 149. The SMILES string of the molecule is C=CCSN1CC[N]C1=O. The van der Waals surface area contributed by atoms with Crippen LogP contribution in [0.15, 0.2) is 12.7 Å². The van der Waals surface area contributed by atoms with Gasteiger partial charge in [-0.2, -0.15) is 0 Å². The van der Waals surface area contributed by atoms with Crippen molar-refractivity contribution >= 4 is 18.0 Å². The molecule has 2 amide bonds. The van der Waals surface area contributed by atoms with Crippen LogP contribution in [0.25, 0.3) is 0 Å².